The second-order valence-corrected chi connectivity index (χ2v) is 7.97. The van der Waals surface area contributed by atoms with Crippen LogP contribution in [0.2, 0.25) is 0 Å². The lowest BCUT2D eigenvalue weighted by molar-refractivity contribution is 0.290. The van der Waals surface area contributed by atoms with Crippen molar-refractivity contribution in [2.45, 2.75) is 38.9 Å². The van der Waals surface area contributed by atoms with Crippen molar-refractivity contribution in [1.82, 2.24) is 24.6 Å². The van der Waals surface area contributed by atoms with Crippen molar-refractivity contribution in [3.8, 4) is 0 Å². The fourth-order valence-corrected chi connectivity index (χ4v) is 3.55. The summed E-state index contributed by atoms with van der Waals surface area (Å²) in [4.78, 5) is 22.3. The number of hydrogen-bond donors (Lipinski definition) is 2. The highest BCUT2D eigenvalue weighted by atomic mass is 16.1. The number of likely N-dealkylation sites (N-methyl/N-ethyl adjacent to an activating group) is 1. The summed E-state index contributed by atoms with van der Waals surface area (Å²) in [7, 11) is 2.10. The van der Waals surface area contributed by atoms with Gasteiger partial charge in [-0.25, -0.2) is 4.68 Å². The third kappa shape index (κ3) is 2.88. The predicted octanol–water partition coefficient (Wildman–Crippen LogP) is 2.47. The Morgan fingerprint density at radius 2 is 2.04 bits per heavy atom. The van der Waals surface area contributed by atoms with Gasteiger partial charge in [0.15, 0.2) is 5.65 Å². The van der Waals surface area contributed by atoms with Crippen molar-refractivity contribution in [2.75, 3.05) is 18.9 Å². The van der Waals surface area contributed by atoms with Crippen LogP contribution < -0.4 is 10.9 Å². The molecule has 0 saturated carbocycles. The maximum atomic E-state index is 12.5. The summed E-state index contributed by atoms with van der Waals surface area (Å²) in [5.74, 6) is 0.476. The molecule has 1 aliphatic heterocycles. The van der Waals surface area contributed by atoms with E-state index in [1.807, 2.05) is 26.8 Å². The van der Waals surface area contributed by atoms with Gasteiger partial charge < -0.3 is 5.32 Å². The molecule has 26 heavy (non-hydrogen) atoms. The fraction of sp³-hybridized carbons (Fsp3) is 0.421. The van der Waals surface area contributed by atoms with Crippen LogP contribution in [0.25, 0.3) is 11.0 Å². The molecule has 2 aromatic heterocycles. The number of rotatable bonds is 2. The van der Waals surface area contributed by atoms with Crippen molar-refractivity contribution < 1.29 is 0 Å². The van der Waals surface area contributed by atoms with Crippen LogP contribution in [-0.4, -0.2) is 38.2 Å². The molecule has 7 nitrogen and oxygen atoms in total. The van der Waals surface area contributed by atoms with E-state index in [1.165, 1.54) is 11.1 Å². The Bertz CT molecular complexity index is 1010. The Morgan fingerprint density at radius 1 is 1.27 bits per heavy atom. The Morgan fingerprint density at radius 3 is 2.81 bits per heavy atom. The number of benzene rings is 1. The molecule has 0 bridgehead atoms. The number of anilines is 1. The van der Waals surface area contributed by atoms with E-state index in [0.717, 1.165) is 13.1 Å². The van der Waals surface area contributed by atoms with E-state index >= 15 is 0 Å². The minimum atomic E-state index is -0.253. The predicted molar refractivity (Wildman–Crippen MR) is 102 cm³/mol. The zero-order chi connectivity index (χ0) is 18.5. The van der Waals surface area contributed by atoms with Crippen molar-refractivity contribution in [1.29, 1.82) is 0 Å². The molecule has 1 unspecified atom stereocenters. The number of hydrogen-bond acceptors (Lipinski definition) is 5. The lowest BCUT2D eigenvalue weighted by atomic mass is 9.96. The summed E-state index contributed by atoms with van der Waals surface area (Å²) in [5.41, 5.74) is 2.71. The molecule has 136 valence electrons. The zero-order valence-corrected chi connectivity index (χ0v) is 15.6. The molecule has 1 aromatic carbocycles. The van der Waals surface area contributed by atoms with Crippen LogP contribution in [0.15, 0.2) is 35.3 Å². The Kier molecular flexibility index (Phi) is 3.84. The van der Waals surface area contributed by atoms with Gasteiger partial charge >= 0.3 is 0 Å². The first kappa shape index (κ1) is 16.8. The van der Waals surface area contributed by atoms with E-state index in [4.69, 9.17) is 0 Å². The van der Waals surface area contributed by atoms with E-state index in [9.17, 15) is 4.79 Å². The lowest BCUT2D eigenvalue weighted by Crippen LogP contribution is -2.34. The van der Waals surface area contributed by atoms with E-state index in [0.29, 0.717) is 17.0 Å². The summed E-state index contributed by atoms with van der Waals surface area (Å²) in [5, 5.41) is 8.29. The molecule has 4 rings (SSSR count). The van der Waals surface area contributed by atoms with E-state index < -0.39 is 0 Å². The van der Waals surface area contributed by atoms with Gasteiger partial charge in [-0.1, -0.05) is 24.3 Å². The topological polar surface area (TPSA) is 78.8 Å². The lowest BCUT2D eigenvalue weighted by Gasteiger charge is -2.32. The van der Waals surface area contributed by atoms with Gasteiger partial charge in [-0.2, -0.15) is 10.1 Å². The number of aromatic amines is 1. The van der Waals surface area contributed by atoms with Crippen molar-refractivity contribution >= 4 is 17.0 Å². The Balaban J connectivity index is 1.75. The number of nitrogens with zero attached hydrogens (tertiary/aromatic N) is 4. The average Bonchev–Trinajstić information content (AvgIpc) is 2.99. The molecular weight excluding hydrogens is 328 g/mol. The van der Waals surface area contributed by atoms with Gasteiger partial charge in [0.05, 0.1) is 17.8 Å². The van der Waals surface area contributed by atoms with E-state index in [1.54, 1.807) is 10.9 Å². The van der Waals surface area contributed by atoms with Crippen LogP contribution >= 0.6 is 0 Å². The molecule has 0 amide bonds. The highest BCUT2D eigenvalue weighted by Crippen LogP contribution is 2.28. The standard InChI is InChI=1S/C19H24N6O/c1-19(2,3)25-16-14(9-20-25)17(26)23-18(22-16)21-15-11-24(4)10-12-7-5-6-8-13(12)15/h5-9,15H,10-11H2,1-4H3,(H2,21,22,23,26). The monoisotopic (exact) mass is 352 g/mol. The van der Waals surface area contributed by atoms with Crippen molar-refractivity contribution in [2.24, 2.45) is 0 Å². The highest BCUT2D eigenvalue weighted by molar-refractivity contribution is 5.74. The van der Waals surface area contributed by atoms with Crippen molar-refractivity contribution in [3.05, 3.63) is 51.9 Å². The third-order valence-electron chi connectivity index (χ3n) is 4.75. The fourth-order valence-electron chi connectivity index (χ4n) is 3.55. The van der Waals surface area contributed by atoms with Gasteiger partial charge in [-0.15, -0.1) is 0 Å². The number of fused-ring (bicyclic) bond motifs is 2. The molecule has 7 heteroatoms. The number of aromatic nitrogens is 4. The van der Waals surface area contributed by atoms with Gasteiger partial charge in [0.25, 0.3) is 5.56 Å². The molecule has 0 radical (unpaired) electrons. The quantitative estimate of drug-likeness (QED) is 0.741. The molecule has 3 aromatic rings. The van der Waals surface area contributed by atoms with Gasteiger partial charge in [-0.3, -0.25) is 14.7 Å². The van der Waals surface area contributed by atoms with Gasteiger partial charge in [0.2, 0.25) is 5.95 Å². The van der Waals surface area contributed by atoms with Crippen molar-refractivity contribution in [3.63, 3.8) is 0 Å². The summed E-state index contributed by atoms with van der Waals surface area (Å²) in [6, 6.07) is 8.45. The molecule has 0 saturated heterocycles. The molecule has 3 heterocycles. The maximum absolute atomic E-state index is 12.5. The summed E-state index contributed by atoms with van der Waals surface area (Å²) in [6.07, 6.45) is 1.58. The molecule has 1 aliphatic rings. The summed E-state index contributed by atoms with van der Waals surface area (Å²) in [6.45, 7) is 7.90. The second kappa shape index (κ2) is 5.95. The third-order valence-corrected chi connectivity index (χ3v) is 4.75. The largest absolute Gasteiger partial charge is 0.348 e. The van der Waals surface area contributed by atoms with E-state index in [2.05, 4.69) is 50.5 Å². The van der Waals surface area contributed by atoms with Crippen LogP contribution in [0.3, 0.4) is 0 Å². The van der Waals surface area contributed by atoms with E-state index in [-0.39, 0.29) is 17.1 Å². The Hall–Kier alpha value is -2.67. The van der Waals surface area contributed by atoms with Gasteiger partial charge in [-0.05, 0) is 38.9 Å². The first-order chi connectivity index (χ1) is 12.3. The average molecular weight is 352 g/mol. The highest BCUT2D eigenvalue weighted by Gasteiger charge is 2.25. The second-order valence-electron chi connectivity index (χ2n) is 7.97. The van der Waals surface area contributed by atoms with Gasteiger partial charge in [0, 0.05) is 13.1 Å². The first-order valence-corrected chi connectivity index (χ1v) is 8.84. The summed E-state index contributed by atoms with van der Waals surface area (Å²) >= 11 is 0. The minimum Gasteiger partial charge on any atom is -0.348 e. The molecular formula is C19H24N6O. The van der Waals surface area contributed by atoms with Crippen LogP contribution in [-0.2, 0) is 12.1 Å². The molecule has 0 fully saturated rings. The minimum absolute atomic E-state index is 0.0663. The number of nitrogens with one attached hydrogen (secondary N) is 2. The zero-order valence-electron chi connectivity index (χ0n) is 15.6. The van der Waals surface area contributed by atoms with Gasteiger partial charge in [0.1, 0.15) is 5.39 Å². The number of H-pyrrole nitrogens is 1. The normalized spacial score (nSPS) is 18.1. The van der Waals surface area contributed by atoms with Crippen LogP contribution in [0, 0.1) is 0 Å². The maximum Gasteiger partial charge on any atom is 0.263 e. The van der Waals surface area contributed by atoms with Crippen LogP contribution in [0.1, 0.15) is 37.9 Å². The first-order valence-electron chi connectivity index (χ1n) is 8.84. The van der Waals surface area contributed by atoms with Crippen LogP contribution in [0.5, 0.6) is 0 Å². The molecule has 1 atom stereocenters. The molecule has 0 spiro atoms. The molecule has 0 aliphatic carbocycles. The summed E-state index contributed by atoms with van der Waals surface area (Å²) < 4.78 is 1.80. The SMILES string of the molecule is CN1Cc2ccccc2C(Nc2nc3c(cnn3C(C)(C)C)c(=O)[nH]2)C1. The smallest absolute Gasteiger partial charge is 0.263 e. The molecule has 2 N–H and O–H groups in total. The van der Waals surface area contributed by atoms with Crippen LogP contribution in [0.4, 0.5) is 5.95 Å². The Labute approximate surface area is 152 Å².